The zero-order valence-electron chi connectivity index (χ0n) is 14.3. The second kappa shape index (κ2) is 5.43. The van der Waals surface area contributed by atoms with Crippen molar-refractivity contribution in [2.75, 3.05) is 31.1 Å². The molecule has 0 radical (unpaired) electrons. The maximum Gasteiger partial charge on any atom is 0.230 e. The van der Waals surface area contributed by atoms with Crippen LogP contribution in [0.3, 0.4) is 0 Å². The first-order chi connectivity index (χ1) is 11.8. The van der Waals surface area contributed by atoms with E-state index in [-0.39, 0.29) is 5.41 Å². The number of nitrogens with zero attached hydrogens (tertiary/aromatic N) is 4. The van der Waals surface area contributed by atoms with Crippen molar-refractivity contribution in [3.8, 4) is 0 Å². The van der Waals surface area contributed by atoms with Crippen molar-refractivity contribution in [1.29, 1.82) is 0 Å². The Balaban J connectivity index is 1.38. The van der Waals surface area contributed by atoms with E-state index in [1.807, 2.05) is 0 Å². The van der Waals surface area contributed by atoms with Crippen molar-refractivity contribution in [3.05, 3.63) is 17.6 Å². The summed E-state index contributed by atoms with van der Waals surface area (Å²) < 4.78 is 0. The quantitative estimate of drug-likeness (QED) is 0.854. The predicted octanol–water partition coefficient (Wildman–Crippen LogP) is 2.19. The third kappa shape index (κ3) is 2.32. The van der Waals surface area contributed by atoms with Gasteiger partial charge in [-0.25, -0.2) is 9.97 Å². The zero-order chi connectivity index (χ0) is 16.1. The van der Waals surface area contributed by atoms with Crippen molar-refractivity contribution in [2.24, 2.45) is 11.3 Å². The number of rotatable bonds is 3. The van der Waals surface area contributed by atoms with Gasteiger partial charge in [0.05, 0.1) is 5.41 Å². The molecule has 1 atom stereocenters. The molecule has 4 aliphatic rings. The van der Waals surface area contributed by atoms with Crippen molar-refractivity contribution >= 4 is 11.7 Å². The Morgan fingerprint density at radius 2 is 2.04 bits per heavy atom. The van der Waals surface area contributed by atoms with Gasteiger partial charge in [0.2, 0.25) is 5.91 Å². The second-order valence-electron chi connectivity index (χ2n) is 8.23. The Kier molecular flexibility index (Phi) is 3.32. The summed E-state index contributed by atoms with van der Waals surface area (Å²) in [4.78, 5) is 26.8. The zero-order valence-corrected chi connectivity index (χ0v) is 14.3. The van der Waals surface area contributed by atoms with Gasteiger partial charge in [-0.15, -0.1) is 0 Å². The number of aromatic nitrogens is 2. The monoisotopic (exact) mass is 326 g/mol. The van der Waals surface area contributed by atoms with Crippen molar-refractivity contribution in [3.63, 3.8) is 0 Å². The van der Waals surface area contributed by atoms with E-state index in [1.54, 1.807) is 6.33 Å². The van der Waals surface area contributed by atoms with Gasteiger partial charge in [0.1, 0.15) is 12.1 Å². The first-order valence-electron chi connectivity index (χ1n) is 9.62. The standard InChI is InChI=1S/C19H26N4O/c24-18-19(7-2-9-22(18)11-14-5-6-14)8-10-23(12-19)17-15-3-1-4-16(15)20-13-21-17/h13-14H,1-12H2/t19-/m0/s1. The molecule has 0 bridgehead atoms. The summed E-state index contributed by atoms with van der Waals surface area (Å²) >= 11 is 0. The van der Waals surface area contributed by atoms with Crippen LogP contribution in [0.5, 0.6) is 0 Å². The van der Waals surface area contributed by atoms with Crippen LogP contribution in [0, 0.1) is 11.3 Å². The van der Waals surface area contributed by atoms with Gasteiger partial charge < -0.3 is 9.80 Å². The van der Waals surface area contributed by atoms with Crippen molar-refractivity contribution in [1.82, 2.24) is 14.9 Å². The third-order valence-corrected chi connectivity index (χ3v) is 6.51. The van der Waals surface area contributed by atoms with E-state index in [4.69, 9.17) is 0 Å². The molecule has 5 heteroatoms. The van der Waals surface area contributed by atoms with E-state index < -0.39 is 0 Å². The summed E-state index contributed by atoms with van der Waals surface area (Å²) in [6.45, 7) is 3.80. The Labute approximate surface area is 143 Å². The molecule has 1 saturated carbocycles. The largest absolute Gasteiger partial charge is 0.355 e. The number of hydrogen-bond acceptors (Lipinski definition) is 4. The van der Waals surface area contributed by atoms with E-state index in [0.29, 0.717) is 5.91 Å². The Hall–Kier alpha value is -1.65. The summed E-state index contributed by atoms with van der Waals surface area (Å²) in [6.07, 6.45) is 10.9. The minimum Gasteiger partial charge on any atom is -0.355 e. The number of fused-ring (bicyclic) bond motifs is 1. The molecule has 0 unspecified atom stereocenters. The lowest BCUT2D eigenvalue weighted by Crippen LogP contribution is -2.50. The van der Waals surface area contributed by atoms with Crippen LogP contribution in [0.4, 0.5) is 5.82 Å². The molecule has 2 saturated heterocycles. The molecule has 1 spiro atoms. The summed E-state index contributed by atoms with van der Waals surface area (Å²) in [5, 5.41) is 0. The van der Waals surface area contributed by atoms with E-state index in [9.17, 15) is 4.79 Å². The van der Waals surface area contributed by atoms with Crippen LogP contribution in [-0.4, -0.2) is 47.0 Å². The summed E-state index contributed by atoms with van der Waals surface area (Å²) in [7, 11) is 0. The van der Waals surface area contributed by atoms with Crippen LogP contribution in [0.15, 0.2) is 6.33 Å². The number of hydrogen-bond donors (Lipinski definition) is 0. The van der Waals surface area contributed by atoms with E-state index in [2.05, 4.69) is 19.8 Å². The summed E-state index contributed by atoms with van der Waals surface area (Å²) in [5.41, 5.74) is 2.42. The number of likely N-dealkylation sites (tertiary alicyclic amines) is 1. The van der Waals surface area contributed by atoms with E-state index in [1.165, 1.54) is 30.5 Å². The second-order valence-corrected chi connectivity index (χ2v) is 8.23. The molecule has 24 heavy (non-hydrogen) atoms. The van der Waals surface area contributed by atoms with Gasteiger partial charge in [-0.3, -0.25) is 4.79 Å². The predicted molar refractivity (Wildman–Crippen MR) is 91.9 cm³/mol. The maximum atomic E-state index is 13.2. The number of amides is 1. The molecule has 128 valence electrons. The lowest BCUT2D eigenvalue weighted by Gasteiger charge is -2.39. The number of piperidine rings is 1. The van der Waals surface area contributed by atoms with Crippen LogP contribution in [0.2, 0.25) is 0 Å². The topological polar surface area (TPSA) is 49.3 Å². The number of carbonyl (C=O) groups excluding carboxylic acids is 1. The highest BCUT2D eigenvalue weighted by Crippen LogP contribution is 2.43. The summed E-state index contributed by atoms with van der Waals surface area (Å²) in [5.74, 6) is 2.32. The third-order valence-electron chi connectivity index (χ3n) is 6.51. The van der Waals surface area contributed by atoms with Gasteiger partial charge in [-0.2, -0.15) is 0 Å². The maximum absolute atomic E-state index is 13.2. The smallest absolute Gasteiger partial charge is 0.230 e. The van der Waals surface area contributed by atoms with Crippen LogP contribution >= 0.6 is 0 Å². The molecule has 3 heterocycles. The fraction of sp³-hybridized carbons (Fsp3) is 0.737. The molecule has 5 nitrogen and oxygen atoms in total. The Morgan fingerprint density at radius 3 is 2.92 bits per heavy atom. The minimum absolute atomic E-state index is 0.149. The molecule has 2 aliphatic carbocycles. The average Bonchev–Trinajstić information content (AvgIpc) is 3.11. The van der Waals surface area contributed by atoms with Crippen LogP contribution < -0.4 is 4.90 Å². The lowest BCUT2D eigenvalue weighted by atomic mass is 9.78. The first kappa shape index (κ1) is 14.7. The highest BCUT2D eigenvalue weighted by Gasteiger charge is 2.49. The van der Waals surface area contributed by atoms with Gasteiger partial charge in [-0.05, 0) is 57.3 Å². The Morgan fingerprint density at radius 1 is 1.12 bits per heavy atom. The van der Waals surface area contributed by atoms with Gasteiger partial charge in [-0.1, -0.05) is 0 Å². The SMILES string of the molecule is O=C1N(CC2CC2)CCC[C@@]12CCN(c1ncnc3c1CCC3)C2. The van der Waals surface area contributed by atoms with Gasteiger partial charge >= 0.3 is 0 Å². The van der Waals surface area contributed by atoms with Crippen LogP contribution in [0.25, 0.3) is 0 Å². The highest BCUT2D eigenvalue weighted by molar-refractivity contribution is 5.85. The number of anilines is 1. The van der Waals surface area contributed by atoms with Gasteiger partial charge in [0.15, 0.2) is 0 Å². The number of carbonyl (C=O) groups is 1. The number of aryl methyl sites for hydroxylation is 1. The van der Waals surface area contributed by atoms with Gasteiger partial charge in [0, 0.05) is 37.4 Å². The van der Waals surface area contributed by atoms with Crippen molar-refractivity contribution < 1.29 is 4.79 Å². The van der Waals surface area contributed by atoms with Crippen LogP contribution in [0.1, 0.15) is 49.8 Å². The van der Waals surface area contributed by atoms with E-state index >= 15 is 0 Å². The molecule has 0 N–H and O–H groups in total. The fourth-order valence-corrected chi connectivity index (χ4v) is 4.99. The van der Waals surface area contributed by atoms with E-state index in [0.717, 1.165) is 70.0 Å². The Bertz CT molecular complexity index is 671. The highest BCUT2D eigenvalue weighted by atomic mass is 16.2. The molecule has 5 rings (SSSR count). The van der Waals surface area contributed by atoms with Gasteiger partial charge in [0.25, 0.3) is 0 Å². The molecule has 1 amide bonds. The average molecular weight is 326 g/mol. The fourth-order valence-electron chi connectivity index (χ4n) is 4.99. The van der Waals surface area contributed by atoms with Crippen LogP contribution in [-0.2, 0) is 17.6 Å². The lowest BCUT2D eigenvalue weighted by molar-refractivity contribution is -0.145. The normalized spacial score (nSPS) is 29.6. The minimum atomic E-state index is -0.149. The molecule has 3 fully saturated rings. The molecule has 2 aliphatic heterocycles. The molecule has 0 aromatic carbocycles. The molecule has 1 aromatic heterocycles. The molecule has 1 aromatic rings. The summed E-state index contributed by atoms with van der Waals surface area (Å²) in [6, 6.07) is 0. The molecular weight excluding hydrogens is 300 g/mol. The van der Waals surface area contributed by atoms with Crippen molar-refractivity contribution in [2.45, 2.75) is 51.4 Å². The first-order valence-corrected chi connectivity index (χ1v) is 9.62. The molecular formula is C19H26N4O.